The summed E-state index contributed by atoms with van der Waals surface area (Å²) in [5.41, 5.74) is 1.06. The number of halogens is 1. The van der Waals surface area contributed by atoms with Crippen molar-refractivity contribution in [1.82, 2.24) is 10.6 Å². The number of nitrogens with one attached hydrogen (secondary N) is 2. The first-order chi connectivity index (χ1) is 10.1. The monoisotopic (exact) mass is 326 g/mol. The molecule has 1 aliphatic rings. The van der Waals surface area contributed by atoms with Crippen molar-refractivity contribution < 1.29 is 9.53 Å². The van der Waals surface area contributed by atoms with Gasteiger partial charge in [-0.2, -0.15) is 0 Å². The minimum atomic E-state index is 0. The molecule has 2 N–H and O–H groups in total. The van der Waals surface area contributed by atoms with Crippen LogP contribution in [0, 0.1) is 11.8 Å². The van der Waals surface area contributed by atoms with Crippen LogP contribution in [0.15, 0.2) is 24.3 Å². The van der Waals surface area contributed by atoms with Crippen molar-refractivity contribution in [1.29, 1.82) is 0 Å². The zero-order valence-electron chi connectivity index (χ0n) is 13.4. The summed E-state index contributed by atoms with van der Waals surface area (Å²) in [6.45, 7) is 6.87. The molecule has 0 unspecified atom stereocenters. The van der Waals surface area contributed by atoms with Gasteiger partial charge in [0.1, 0.15) is 5.75 Å². The molecule has 1 amide bonds. The second kappa shape index (κ2) is 9.70. The highest BCUT2D eigenvalue weighted by Crippen LogP contribution is 2.27. The van der Waals surface area contributed by atoms with E-state index in [1.807, 2.05) is 24.3 Å². The van der Waals surface area contributed by atoms with Gasteiger partial charge in [-0.25, -0.2) is 0 Å². The van der Waals surface area contributed by atoms with Crippen molar-refractivity contribution >= 4 is 18.3 Å². The minimum absolute atomic E-state index is 0. The van der Waals surface area contributed by atoms with Crippen LogP contribution in [-0.2, 0) is 11.3 Å². The van der Waals surface area contributed by atoms with Crippen LogP contribution in [0.5, 0.6) is 5.75 Å². The van der Waals surface area contributed by atoms with Crippen LogP contribution < -0.4 is 15.4 Å². The van der Waals surface area contributed by atoms with E-state index < -0.39 is 0 Å². The van der Waals surface area contributed by atoms with Crippen molar-refractivity contribution in [2.24, 2.45) is 11.8 Å². The summed E-state index contributed by atoms with van der Waals surface area (Å²) in [6, 6.07) is 7.90. The van der Waals surface area contributed by atoms with E-state index in [1.54, 1.807) is 0 Å². The zero-order valence-corrected chi connectivity index (χ0v) is 14.2. The van der Waals surface area contributed by atoms with Crippen molar-refractivity contribution in [3.8, 4) is 5.75 Å². The molecular formula is C17H27ClN2O2. The third kappa shape index (κ3) is 7.66. The molecule has 0 bridgehead atoms. The number of benzene rings is 1. The Labute approximate surface area is 139 Å². The number of carbonyl (C=O) groups excluding carboxylic acids is 1. The van der Waals surface area contributed by atoms with Gasteiger partial charge in [-0.3, -0.25) is 4.79 Å². The third-order valence-electron chi connectivity index (χ3n) is 3.39. The van der Waals surface area contributed by atoms with Gasteiger partial charge in [-0.15, -0.1) is 12.4 Å². The summed E-state index contributed by atoms with van der Waals surface area (Å²) < 4.78 is 5.69. The van der Waals surface area contributed by atoms with E-state index in [9.17, 15) is 4.79 Å². The predicted octanol–water partition coefficient (Wildman–Crippen LogP) is 2.76. The van der Waals surface area contributed by atoms with E-state index in [0.717, 1.165) is 23.8 Å². The number of rotatable bonds is 9. The Hall–Kier alpha value is -1.26. The standard InChI is InChI=1S/C17H26N2O2.ClH/c1-13(2)12-21-16-5-3-4-15(8-16)10-19-17(20)11-18-9-14-6-7-14;/h3-5,8,13-14,18H,6-7,9-12H2,1-2H3,(H,19,20);1H. The van der Waals surface area contributed by atoms with E-state index in [1.165, 1.54) is 12.8 Å². The van der Waals surface area contributed by atoms with Crippen LogP contribution in [0.4, 0.5) is 0 Å². The maximum Gasteiger partial charge on any atom is 0.234 e. The molecule has 124 valence electrons. The van der Waals surface area contributed by atoms with Gasteiger partial charge in [0.05, 0.1) is 13.2 Å². The van der Waals surface area contributed by atoms with Crippen molar-refractivity contribution in [2.45, 2.75) is 33.2 Å². The Bertz CT molecular complexity index is 462. The van der Waals surface area contributed by atoms with E-state index in [0.29, 0.717) is 25.6 Å². The lowest BCUT2D eigenvalue weighted by molar-refractivity contribution is -0.120. The molecule has 0 heterocycles. The average Bonchev–Trinajstić information content (AvgIpc) is 3.28. The molecule has 1 aromatic carbocycles. The van der Waals surface area contributed by atoms with Gasteiger partial charge >= 0.3 is 0 Å². The second-order valence-corrected chi connectivity index (χ2v) is 6.20. The summed E-state index contributed by atoms with van der Waals surface area (Å²) in [6.07, 6.45) is 2.61. The van der Waals surface area contributed by atoms with Crippen LogP contribution in [0.25, 0.3) is 0 Å². The predicted molar refractivity (Wildman–Crippen MR) is 91.5 cm³/mol. The minimum Gasteiger partial charge on any atom is -0.493 e. The highest BCUT2D eigenvalue weighted by molar-refractivity contribution is 5.85. The molecular weight excluding hydrogens is 300 g/mol. The molecule has 0 aromatic heterocycles. The molecule has 2 rings (SSSR count). The number of carbonyl (C=O) groups is 1. The van der Waals surface area contributed by atoms with Gasteiger partial charge in [0.15, 0.2) is 0 Å². The lowest BCUT2D eigenvalue weighted by Gasteiger charge is -2.11. The van der Waals surface area contributed by atoms with Crippen LogP contribution in [0.1, 0.15) is 32.3 Å². The zero-order chi connectivity index (χ0) is 15.1. The quantitative estimate of drug-likeness (QED) is 0.733. The summed E-state index contributed by atoms with van der Waals surface area (Å²) in [4.78, 5) is 11.7. The number of ether oxygens (including phenoxy) is 1. The fourth-order valence-electron chi connectivity index (χ4n) is 1.98. The van der Waals surface area contributed by atoms with Crippen LogP contribution in [0.3, 0.4) is 0 Å². The molecule has 1 saturated carbocycles. The van der Waals surface area contributed by atoms with Gasteiger partial charge in [-0.05, 0) is 48.9 Å². The van der Waals surface area contributed by atoms with Crippen LogP contribution >= 0.6 is 12.4 Å². The molecule has 1 aromatic rings. The van der Waals surface area contributed by atoms with Crippen LogP contribution in [0.2, 0.25) is 0 Å². The highest BCUT2D eigenvalue weighted by atomic mass is 35.5. The van der Waals surface area contributed by atoms with Gasteiger partial charge in [0.2, 0.25) is 5.91 Å². The first-order valence-electron chi connectivity index (χ1n) is 7.82. The molecule has 5 heteroatoms. The van der Waals surface area contributed by atoms with Gasteiger partial charge < -0.3 is 15.4 Å². The van der Waals surface area contributed by atoms with Crippen molar-refractivity contribution in [3.05, 3.63) is 29.8 Å². The third-order valence-corrected chi connectivity index (χ3v) is 3.39. The molecule has 22 heavy (non-hydrogen) atoms. The molecule has 4 nitrogen and oxygen atoms in total. The lowest BCUT2D eigenvalue weighted by Crippen LogP contribution is -2.34. The average molecular weight is 327 g/mol. The first-order valence-corrected chi connectivity index (χ1v) is 7.82. The van der Waals surface area contributed by atoms with E-state index in [2.05, 4.69) is 24.5 Å². The maximum atomic E-state index is 11.7. The largest absolute Gasteiger partial charge is 0.493 e. The Morgan fingerprint density at radius 2 is 2.14 bits per heavy atom. The lowest BCUT2D eigenvalue weighted by atomic mass is 10.2. The molecule has 0 spiro atoms. The molecule has 0 aliphatic heterocycles. The number of amides is 1. The Morgan fingerprint density at radius 1 is 1.36 bits per heavy atom. The van der Waals surface area contributed by atoms with E-state index in [4.69, 9.17) is 4.74 Å². The van der Waals surface area contributed by atoms with Crippen molar-refractivity contribution in [3.63, 3.8) is 0 Å². The van der Waals surface area contributed by atoms with Gasteiger partial charge in [0, 0.05) is 6.54 Å². The summed E-state index contributed by atoms with van der Waals surface area (Å²) in [5.74, 6) is 2.21. The number of hydrogen-bond donors (Lipinski definition) is 2. The molecule has 0 radical (unpaired) electrons. The Balaban J connectivity index is 0.00000242. The molecule has 0 atom stereocenters. The maximum absolute atomic E-state index is 11.7. The fourth-order valence-corrected chi connectivity index (χ4v) is 1.98. The van der Waals surface area contributed by atoms with E-state index in [-0.39, 0.29) is 18.3 Å². The second-order valence-electron chi connectivity index (χ2n) is 6.20. The summed E-state index contributed by atoms with van der Waals surface area (Å²) in [5, 5.41) is 6.12. The smallest absolute Gasteiger partial charge is 0.234 e. The molecule has 1 aliphatic carbocycles. The topological polar surface area (TPSA) is 50.4 Å². The normalized spacial score (nSPS) is 13.6. The molecule has 1 fully saturated rings. The SMILES string of the molecule is CC(C)COc1cccc(CNC(=O)CNCC2CC2)c1.Cl. The first kappa shape index (κ1) is 18.8. The Kier molecular flexibility index (Phi) is 8.28. The van der Waals surface area contributed by atoms with Gasteiger partial charge in [0.25, 0.3) is 0 Å². The van der Waals surface area contributed by atoms with Crippen LogP contribution in [-0.4, -0.2) is 25.6 Å². The van der Waals surface area contributed by atoms with Gasteiger partial charge in [-0.1, -0.05) is 26.0 Å². The van der Waals surface area contributed by atoms with E-state index >= 15 is 0 Å². The number of hydrogen-bond acceptors (Lipinski definition) is 3. The molecule has 0 saturated heterocycles. The fraction of sp³-hybridized carbons (Fsp3) is 0.588. The summed E-state index contributed by atoms with van der Waals surface area (Å²) in [7, 11) is 0. The summed E-state index contributed by atoms with van der Waals surface area (Å²) >= 11 is 0. The van der Waals surface area contributed by atoms with Crippen molar-refractivity contribution in [2.75, 3.05) is 19.7 Å². The highest BCUT2D eigenvalue weighted by Gasteiger charge is 2.20. The Morgan fingerprint density at radius 3 is 2.82 bits per heavy atom.